The summed E-state index contributed by atoms with van der Waals surface area (Å²) in [6, 6.07) is 11.2. The van der Waals surface area contributed by atoms with Crippen LogP contribution in [0, 0.1) is 0 Å². The average molecular weight is 359 g/mol. The maximum atomic E-state index is 12.1. The van der Waals surface area contributed by atoms with Gasteiger partial charge in [-0.05, 0) is 43.2 Å². The quantitative estimate of drug-likeness (QED) is 0.440. The monoisotopic (exact) mass is 359 g/mol. The molecule has 138 valence electrons. The lowest BCUT2D eigenvalue weighted by Crippen LogP contribution is -2.38. The van der Waals surface area contributed by atoms with Crippen LogP contribution >= 0.6 is 0 Å². The maximum Gasteiger partial charge on any atom is 0.338 e. The summed E-state index contributed by atoms with van der Waals surface area (Å²) in [5.74, 6) is -3.16. The number of nitrogens with two attached hydrogens (primary N) is 1. The Balaban J connectivity index is 2.16. The van der Waals surface area contributed by atoms with Crippen molar-refractivity contribution in [3.8, 4) is 11.5 Å². The van der Waals surface area contributed by atoms with Gasteiger partial charge in [0.2, 0.25) is 0 Å². The molecule has 0 spiro atoms. The Hall–Kier alpha value is -3.06. The smallest absolute Gasteiger partial charge is 0.338 e. The molecular weight excluding hydrogens is 338 g/mol. The number of aliphatic carboxylic acids is 1. The van der Waals surface area contributed by atoms with Crippen LogP contribution in [0.15, 0.2) is 48.5 Å². The summed E-state index contributed by atoms with van der Waals surface area (Å²) in [4.78, 5) is 23.5. The first-order valence-electron chi connectivity index (χ1n) is 8.06. The fourth-order valence-corrected chi connectivity index (χ4v) is 2.66. The molecule has 0 heterocycles. The fourth-order valence-electron chi connectivity index (χ4n) is 2.66. The summed E-state index contributed by atoms with van der Waals surface area (Å²) in [6.07, 6.45) is -0.481. The van der Waals surface area contributed by atoms with Gasteiger partial charge in [-0.1, -0.05) is 24.3 Å². The SMILES string of the molecule is CC(CC(c1ccc(O)c(O)c1)C(N)C(=O)O)OC(=O)c1ccccc1. The molecule has 7 heteroatoms. The van der Waals surface area contributed by atoms with E-state index in [0.717, 1.165) is 0 Å². The van der Waals surface area contributed by atoms with Gasteiger partial charge in [0.15, 0.2) is 11.5 Å². The van der Waals surface area contributed by atoms with E-state index in [0.29, 0.717) is 11.1 Å². The minimum Gasteiger partial charge on any atom is -0.504 e. The first kappa shape index (κ1) is 19.3. The molecule has 2 rings (SSSR count). The van der Waals surface area contributed by atoms with Gasteiger partial charge < -0.3 is 25.8 Å². The van der Waals surface area contributed by atoms with Gasteiger partial charge in [0.1, 0.15) is 12.1 Å². The van der Waals surface area contributed by atoms with Crippen molar-refractivity contribution in [2.45, 2.75) is 31.4 Å². The topological polar surface area (TPSA) is 130 Å². The largest absolute Gasteiger partial charge is 0.504 e. The molecule has 0 amide bonds. The van der Waals surface area contributed by atoms with E-state index in [4.69, 9.17) is 10.5 Å². The van der Waals surface area contributed by atoms with Crippen LogP contribution < -0.4 is 5.73 Å². The Morgan fingerprint density at radius 3 is 2.31 bits per heavy atom. The van der Waals surface area contributed by atoms with Gasteiger partial charge in [0.05, 0.1) is 5.56 Å². The summed E-state index contributed by atoms with van der Waals surface area (Å²) in [5, 5.41) is 28.4. The highest BCUT2D eigenvalue weighted by Gasteiger charge is 2.29. The van der Waals surface area contributed by atoms with Crippen molar-refractivity contribution >= 4 is 11.9 Å². The first-order valence-corrected chi connectivity index (χ1v) is 8.06. The van der Waals surface area contributed by atoms with Crippen molar-refractivity contribution in [3.63, 3.8) is 0 Å². The highest BCUT2D eigenvalue weighted by atomic mass is 16.5. The van der Waals surface area contributed by atoms with Gasteiger partial charge in [-0.3, -0.25) is 4.79 Å². The highest BCUT2D eigenvalue weighted by molar-refractivity contribution is 5.89. The van der Waals surface area contributed by atoms with Gasteiger partial charge in [0, 0.05) is 5.92 Å². The van der Waals surface area contributed by atoms with Gasteiger partial charge >= 0.3 is 11.9 Å². The molecule has 0 aromatic heterocycles. The molecule has 0 saturated heterocycles. The molecule has 0 saturated carbocycles. The van der Waals surface area contributed by atoms with Crippen LogP contribution in [0.5, 0.6) is 11.5 Å². The Morgan fingerprint density at radius 1 is 1.08 bits per heavy atom. The number of phenolic OH excluding ortho intramolecular Hbond substituents is 2. The fraction of sp³-hybridized carbons (Fsp3) is 0.263. The zero-order valence-corrected chi connectivity index (χ0v) is 14.2. The number of benzene rings is 2. The van der Waals surface area contributed by atoms with Crippen molar-refractivity contribution in [3.05, 3.63) is 59.7 Å². The predicted molar refractivity (Wildman–Crippen MR) is 94.1 cm³/mol. The van der Waals surface area contributed by atoms with E-state index in [1.54, 1.807) is 37.3 Å². The van der Waals surface area contributed by atoms with E-state index < -0.39 is 30.0 Å². The molecular formula is C19H21NO6. The predicted octanol–water partition coefficient (Wildman–Crippen LogP) is 2.23. The molecule has 26 heavy (non-hydrogen) atoms. The van der Waals surface area contributed by atoms with E-state index in [-0.39, 0.29) is 17.9 Å². The zero-order chi connectivity index (χ0) is 19.3. The Kier molecular flexibility index (Phi) is 6.19. The van der Waals surface area contributed by atoms with Crippen LogP contribution in [-0.2, 0) is 9.53 Å². The first-order chi connectivity index (χ1) is 12.3. The highest BCUT2D eigenvalue weighted by Crippen LogP contribution is 2.32. The van der Waals surface area contributed by atoms with Crippen LogP contribution in [0.1, 0.15) is 35.2 Å². The number of carbonyl (C=O) groups excluding carboxylic acids is 1. The summed E-state index contributed by atoms with van der Waals surface area (Å²) >= 11 is 0. The molecule has 2 aromatic carbocycles. The maximum absolute atomic E-state index is 12.1. The Morgan fingerprint density at radius 2 is 1.73 bits per heavy atom. The average Bonchev–Trinajstić information content (AvgIpc) is 2.62. The third-order valence-corrected chi connectivity index (χ3v) is 4.05. The standard InChI is InChI=1S/C19H21NO6/c1-11(26-19(25)12-5-3-2-4-6-12)9-14(17(20)18(23)24)13-7-8-15(21)16(22)10-13/h2-8,10-11,14,17,21-22H,9,20H2,1H3,(H,23,24). The number of hydrogen-bond donors (Lipinski definition) is 4. The van der Waals surface area contributed by atoms with E-state index in [2.05, 4.69) is 0 Å². The number of rotatable bonds is 7. The third kappa shape index (κ3) is 4.73. The van der Waals surface area contributed by atoms with E-state index in [9.17, 15) is 24.9 Å². The number of phenols is 2. The third-order valence-electron chi connectivity index (χ3n) is 4.05. The Labute approximate surface area is 150 Å². The lowest BCUT2D eigenvalue weighted by Gasteiger charge is -2.25. The minimum absolute atomic E-state index is 0.135. The van der Waals surface area contributed by atoms with Crippen molar-refractivity contribution in [2.24, 2.45) is 5.73 Å². The molecule has 0 bridgehead atoms. The molecule has 0 fully saturated rings. The molecule has 7 nitrogen and oxygen atoms in total. The number of carboxylic acids is 1. The van der Waals surface area contributed by atoms with E-state index in [1.807, 2.05) is 0 Å². The normalized spacial score (nSPS) is 14.2. The van der Waals surface area contributed by atoms with Crippen LogP contribution in [0.3, 0.4) is 0 Å². The summed E-state index contributed by atoms with van der Waals surface area (Å²) in [6.45, 7) is 1.64. The number of aromatic hydroxyl groups is 2. The van der Waals surface area contributed by atoms with Gasteiger partial charge in [-0.15, -0.1) is 0 Å². The van der Waals surface area contributed by atoms with Crippen molar-refractivity contribution in [1.29, 1.82) is 0 Å². The lowest BCUT2D eigenvalue weighted by atomic mass is 9.87. The lowest BCUT2D eigenvalue weighted by molar-refractivity contribution is -0.139. The van der Waals surface area contributed by atoms with Crippen LogP contribution in [0.25, 0.3) is 0 Å². The molecule has 3 unspecified atom stereocenters. The van der Waals surface area contributed by atoms with Crippen molar-refractivity contribution < 1.29 is 29.6 Å². The van der Waals surface area contributed by atoms with Crippen molar-refractivity contribution in [2.75, 3.05) is 0 Å². The molecule has 0 aliphatic heterocycles. The number of ether oxygens (including phenoxy) is 1. The molecule has 3 atom stereocenters. The number of carboxylic acid groups (broad SMARTS) is 1. The van der Waals surface area contributed by atoms with Crippen LogP contribution in [0.2, 0.25) is 0 Å². The second-order valence-electron chi connectivity index (χ2n) is 6.04. The minimum atomic E-state index is -1.27. The van der Waals surface area contributed by atoms with E-state index >= 15 is 0 Å². The molecule has 0 aliphatic carbocycles. The zero-order valence-electron chi connectivity index (χ0n) is 14.2. The summed E-state index contributed by atoms with van der Waals surface area (Å²) in [7, 11) is 0. The Bertz CT molecular complexity index is 777. The number of esters is 1. The summed E-state index contributed by atoms with van der Waals surface area (Å²) < 4.78 is 5.37. The molecule has 0 radical (unpaired) electrons. The number of carbonyl (C=O) groups is 2. The molecule has 2 aromatic rings. The van der Waals surface area contributed by atoms with Gasteiger partial charge in [0.25, 0.3) is 0 Å². The second-order valence-corrected chi connectivity index (χ2v) is 6.04. The molecule has 5 N–H and O–H groups in total. The second kappa shape index (κ2) is 8.35. The van der Waals surface area contributed by atoms with Gasteiger partial charge in [-0.2, -0.15) is 0 Å². The number of hydrogen-bond acceptors (Lipinski definition) is 6. The summed E-state index contributed by atoms with van der Waals surface area (Å²) in [5.41, 5.74) is 6.61. The molecule has 0 aliphatic rings. The van der Waals surface area contributed by atoms with Crippen LogP contribution in [0.4, 0.5) is 0 Å². The van der Waals surface area contributed by atoms with E-state index in [1.165, 1.54) is 18.2 Å². The van der Waals surface area contributed by atoms with Crippen LogP contribution in [-0.4, -0.2) is 39.4 Å². The van der Waals surface area contributed by atoms with Crippen molar-refractivity contribution in [1.82, 2.24) is 0 Å². The van der Waals surface area contributed by atoms with Gasteiger partial charge in [-0.25, -0.2) is 4.79 Å².